The summed E-state index contributed by atoms with van der Waals surface area (Å²) in [5.41, 5.74) is -1.02. The molecule has 0 saturated carbocycles. The van der Waals surface area contributed by atoms with Crippen molar-refractivity contribution in [1.82, 2.24) is 0 Å². The van der Waals surface area contributed by atoms with Crippen molar-refractivity contribution in [1.29, 1.82) is 0 Å². The van der Waals surface area contributed by atoms with Crippen molar-refractivity contribution in [2.45, 2.75) is 13.1 Å². The van der Waals surface area contributed by atoms with Crippen molar-refractivity contribution in [2.24, 2.45) is 0 Å². The third-order valence-electron chi connectivity index (χ3n) is 1.99. The maximum Gasteiger partial charge on any atom is 0.416 e. The zero-order valence-corrected chi connectivity index (χ0v) is 9.24. The van der Waals surface area contributed by atoms with Crippen LogP contribution < -0.4 is 0 Å². The van der Waals surface area contributed by atoms with E-state index in [0.29, 0.717) is 6.07 Å². The molecule has 0 radical (unpaired) electrons. The van der Waals surface area contributed by atoms with Crippen LogP contribution in [0.1, 0.15) is 21.5 Å². The minimum Gasteiger partial charge on any atom is -0.465 e. The normalized spacial score (nSPS) is 11.4. The van der Waals surface area contributed by atoms with Gasteiger partial charge in [-0.1, -0.05) is 11.6 Å². The monoisotopic (exact) mass is 252 g/mol. The van der Waals surface area contributed by atoms with Gasteiger partial charge in [0.05, 0.1) is 23.3 Å². The van der Waals surface area contributed by atoms with Gasteiger partial charge < -0.3 is 4.74 Å². The van der Waals surface area contributed by atoms with E-state index in [1.54, 1.807) is 0 Å². The summed E-state index contributed by atoms with van der Waals surface area (Å²) in [6.45, 7) is 1.39. The van der Waals surface area contributed by atoms with Gasteiger partial charge in [-0.25, -0.2) is 4.79 Å². The first-order valence-electron chi connectivity index (χ1n) is 4.23. The second-order valence-corrected chi connectivity index (χ2v) is 3.52. The largest absolute Gasteiger partial charge is 0.465 e. The first kappa shape index (κ1) is 12.8. The quantitative estimate of drug-likeness (QED) is 0.716. The Morgan fingerprint density at radius 2 is 1.94 bits per heavy atom. The molecule has 88 valence electrons. The van der Waals surface area contributed by atoms with E-state index >= 15 is 0 Å². The smallest absolute Gasteiger partial charge is 0.416 e. The molecule has 0 amide bonds. The standard InChI is InChI=1S/C10H8ClF3O2/c1-5-3-6(10(12,13)14)4-7(8(5)11)9(15)16-2/h3-4H,1-2H3. The lowest BCUT2D eigenvalue weighted by molar-refractivity contribution is -0.137. The lowest BCUT2D eigenvalue weighted by atomic mass is 10.1. The zero-order valence-electron chi connectivity index (χ0n) is 8.48. The van der Waals surface area contributed by atoms with Crippen LogP contribution >= 0.6 is 11.6 Å². The number of aryl methyl sites for hydroxylation is 1. The molecule has 0 aromatic heterocycles. The van der Waals surface area contributed by atoms with Crippen LogP contribution in [-0.4, -0.2) is 13.1 Å². The van der Waals surface area contributed by atoms with Crippen LogP contribution in [0, 0.1) is 6.92 Å². The van der Waals surface area contributed by atoms with Gasteiger partial charge in [0.25, 0.3) is 0 Å². The number of esters is 1. The van der Waals surface area contributed by atoms with Gasteiger partial charge >= 0.3 is 12.1 Å². The number of carbonyl (C=O) groups is 1. The van der Waals surface area contributed by atoms with Crippen molar-refractivity contribution in [3.05, 3.63) is 33.8 Å². The van der Waals surface area contributed by atoms with E-state index < -0.39 is 17.7 Å². The molecule has 0 N–H and O–H groups in total. The van der Waals surface area contributed by atoms with E-state index in [1.165, 1.54) is 6.92 Å². The Morgan fingerprint density at radius 3 is 2.38 bits per heavy atom. The summed E-state index contributed by atoms with van der Waals surface area (Å²) >= 11 is 5.72. The summed E-state index contributed by atoms with van der Waals surface area (Å²) in [4.78, 5) is 11.2. The van der Waals surface area contributed by atoms with Gasteiger partial charge in [-0.15, -0.1) is 0 Å². The van der Waals surface area contributed by atoms with Crippen molar-refractivity contribution in [3.8, 4) is 0 Å². The van der Waals surface area contributed by atoms with E-state index in [-0.39, 0.29) is 16.1 Å². The molecule has 0 fully saturated rings. The Kier molecular flexibility index (Phi) is 3.48. The molecule has 0 aliphatic carbocycles. The lowest BCUT2D eigenvalue weighted by Gasteiger charge is -2.11. The predicted molar refractivity (Wildman–Crippen MR) is 52.5 cm³/mol. The molecule has 0 saturated heterocycles. The highest BCUT2D eigenvalue weighted by molar-refractivity contribution is 6.34. The minimum absolute atomic E-state index is 0.0279. The molecule has 2 nitrogen and oxygen atoms in total. The Balaban J connectivity index is 3.39. The summed E-state index contributed by atoms with van der Waals surface area (Å²) in [6.07, 6.45) is -4.52. The minimum atomic E-state index is -4.52. The maximum absolute atomic E-state index is 12.5. The van der Waals surface area contributed by atoms with Crippen molar-refractivity contribution < 1.29 is 22.7 Å². The number of halogens is 4. The summed E-state index contributed by atoms with van der Waals surface area (Å²) in [5, 5.41) is -0.0279. The highest BCUT2D eigenvalue weighted by atomic mass is 35.5. The molecule has 0 aliphatic rings. The SMILES string of the molecule is COC(=O)c1cc(C(F)(F)F)cc(C)c1Cl. The fraction of sp³-hybridized carbons (Fsp3) is 0.300. The van der Waals surface area contributed by atoms with Crippen LogP contribution in [0.4, 0.5) is 13.2 Å². The molecule has 1 aromatic rings. The third kappa shape index (κ3) is 2.47. The van der Waals surface area contributed by atoms with Crippen LogP contribution in [0.5, 0.6) is 0 Å². The molecule has 0 spiro atoms. The molecular formula is C10H8ClF3O2. The summed E-state index contributed by atoms with van der Waals surface area (Å²) in [6, 6.07) is 1.57. The first-order valence-corrected chi connectivity index (χ1v) is 4.61. The molecule has 0 bridgehead atoms. The fourth-order valence-electron chi connectivity index (χ4n) is 1.19. The number of rotatable bonds is 1. The van der Waals surface area contributed by atoms with Gasteiger partial charge in [0.15, 0.2) is 0 Å². The Hall–Kier alpha value is -1.23. The van der Waals surface area contributed by atoms with Crippen LogP contribution in [0.3, 0.4) is 0 Å². The molecule has 0 unspecified atom stereocenters. The highest BCUT2D eigenvalue weighted by Gasteiger charge is 2.32. The molecular weight excluding hydrogens is 245 g/mol. The van der Waals surface area contributed by atoms with Gasteiger partial charge in [0.1, 0.15) is 0 Å². The topological polar surface area (TPSA) is 26.3 Å². The lowest BCUT2D eigenvalue weighted by Crippen LogP contribution is -2.10. The Morgan fingerprint density at radius 1 is 1.38 bits per heavy atom. The highest BCUT2D eigenvalue weighted by Crippen LogP contribution is 2.33. The van der Waals surface area contributed by atoms with Crippen molar-refractivity contribution in [2.75, 3.05) is 7.11 Å². The number of alkyl halides is 3. The fourth-order valence-corrected chi connectivity index (χ4v) is 1.38. The molecule has 0 aliphatic heterocycles. The van der Waals surface area contributed by atoms with Gasteiger partial charge in [-0.2, -0.15) is 13.2 Å². The van der Waals surface area contributed by atoms with Gasteiger partial charge in [-0.05, 0) is 24.6 Å². The Labute approximate surface area is 95.0 Å². The molecule has 6 heteroatoms. The number of methoxy groups -OCH3 is 1. The molecule has 1 aromatic carbocycles. The van der Waals surface area contributed by atoms with Crippen LogP contribution in [-0.2, 0) is 10.9 Å². The average molecular weight is 253 g/mol. The summed E-state index contributed by atoms with van der Waals surface area (Å²) in [5.74, 6) is -0.890. The van der Waals surface area contributed by atoms with Gasteiger partial charge in [0, 0.05) is 0 Å². The number of hydrogen-bond acceptors (Lipinski definition) is 2. The summed E-state index contributed by atoms with van der Waals surface area (Å²) in [7, 11) is 1.08. The van der Waals surface area contributed by atoms with Crippen LogP contribution in [0.15, 0.2) is 12.1 Å². The van der Waals surface area contributed by atoms with Crippen LogP contribution in [0.25, 0.3) is 0 Å². The number of ether oxygens (including phenoxy) is 1. The van der Waals surface area contributed by atoms with E-state index in [4.69, 9.17) is 11.6 Å². The Bertz CT molecular complexity index is 427. The van der Waals surface area contributed by atoms with E-state index in [1.807, 2.05) is 0 Å². The maximum atomic E-state index is 12.5. The molecule has 0 heterocycles. The second kappa shape index (κ2) is 4.33. The van der Waals surface area contributed by atoms with E-state index in [9.17, 15) is 18.0 Å². The first-order chi connectivity index (χ1) is 7.27. The van der Waals surface area contributed by atoms with Crippen molar-refractivity contribution >= 4 is 17.6 Å². The zero-order chi connectivity index (χ0) is 12.5. The summed E-state index contributed by atoms with van der Waals surface area (Å²) < 4.78 is 41.7. The number of hydrogen-bond donors (Lipinski definition) is 0. The molecule has 1 rings (SSSR count). The van der Waals surface area contributed by atoms with Crippen LogP contribution in [0.2, 0.25) is 5.02 Å². The second-order valence-electron chi connectivity index (χ2n) is 3.14. The third-order valence-corrected chi connectivity index (χ3v) is 2.49. The molecule has 0 atom stereocenters. The van der Waals surface area contributed by atoms with E-state index in [2.05, 4.69) is 4.74 Å². The predicted octanol–water partition coefficient (Wildman–Crippen LogP) is 3.45. The molecule has 16 heavy (non-hydrogen) atoms. The van der Waals surface area contributed by atoms with Gasteiger partial charge in [-0.3, -0.25) is 0 Å². The average Bonchev–Trinajstić information content (AvgIpc) is 2.19. The van der Waals surface area contributed by atoms with Crippen molar-refractivity contribution in [3.63, 3.8) is 0 Å². The number of benzene rings is 1. The van der Waals surface area contributed by atoms with Gasteiger partial charge in [0.2, 0.25) is 0 Å². The van der Waals surface area contributed by atoms with E-state index in [0.717, 1.165) is 13.2 Å². The number of carbonyl (C=O) groups excluding carboxylic acids is 1.